The number of hydrogen-bond donors (Lipinski definition) is 0. The van der Waals surface area contributed by atoms with Crippen LogP contribution in [0.5, 0.6) is 11.5 Å². The van der Waals surface area contributed by atoms with Gasteiger partial charge in [-0.1, -0.05) is 11.2 Å². The largest absolute Gasteiger partial charge is 0.493 e. The molecule has 1 unspecified atom stereocenters. The van der Waals surface area contributed by atoms with Crippen molar-refractivity contribution in [2.45, 2.75) is 25.4 Å². The van der Waals surface area contributed by atoms with Gasteiger partial charge in [-0.15, -0.1) is 6.58 Å². The number of rotatable bonds is 6. The van der Waals surface area contributed by atoms with Gasteiger partial charge in [-0.05, 0) is 31.0 Å². The van der Waals surface area contributed by atoms with Crippen molar-refractivity contribution in [3.8, 4) is 11.5 Å². The first-order valence-electron chi connectivity index (χ1n) is 6.34. The lowest BCUT2D eigenvalue weighted by atomic mass is 10.0. The van der Waals surface area contributed by atoms with Gasteiger partial charge in [0.25, 0.3) is 0 Å². The normalized spacial score (nSPS) is 17.6. The quantitative estimate of drug-likeness (QED) is 0.738. The van der Waals surface area contributed by atoms with Crippen LogP contribution in [-0.4, -0.2) is 26.0 Å². The van der Waals surface area contributed by atoms with Gasteiger partial charge in [0.1, 0.15) is 6.10 Å². The third-order valence-electron chi connectivity index (χ3n) is 3.14. The van der Waals surface area contributed by atoms with Crippen LogP contribution in [0.25, 0.3) is 0 Å². The van der Waals surface area contributed by atoms with Crippen molar-refractivity contribution in [1.82, 2.24) is 0 Å². The summed E-state index contributed by atoms with van der Waals surface area (Å²) >= 11 is 0. The predicted molar refractivity (Wildman–Crippen MR) is 75.0 cm³/mol. The van der Waals surface area contributed by atoms with E-state index >= 15 is 0 Å². The molecule has 0 radical (unpaired) electrons. The number of hydrogen-bond acceptors (Lipinski definition) is 4. The number of oxime groups is 1. The Morgan fingerprint density at radius 3 is 2.84 bits per heavy atom. The fourth-order valence-corrected chi connectivity index (χ4v) is 2.07. The third-order valence-corrected chi connectivity index (χ3v) is 3.14. The minimum atomic E-state index is 0.154. The summed E-state index contributed by atoms with van der Waals surface area (Å²) in [7, 11) is 3.25. The molecular formula is C15H19NO3. The van der Waals surface area contributed by atoms with E-state index in [9.17, 15) is 0 Å². The molecule has 2 rings (SSSR count). The summed E-state index contributed by atoms with van der Waals surface area (Å²) in [5.74, 6) is 1.42. The highest BCUT2D eigenvalue weighted by Gasteiger charge is 2.22. The van der Waals surface area contributed by atoms with E-state index in [1.54, 1.807) is 14.2 Å². The van der Waals surface area contributed by atoms with E-state index in [0.717, 1.165) is 30.5 Å². The maximum Gasteiger partial charge on any atom is 0.161 e. The van der Waals surface area contributed by atoms with Gasteiger partial charge in [0.2, 0.25) is 0 Å². The lowest BCUT2D eigenvalue weighted by Crippen LogP contribution is -2.08. The van der Waals surface area contributed by atoms with Gasteiger partial charge in [-0.2, -0.15) is 0 Å². The van der Waals surface area contributed by atoms with Crippen LogP contribution in [0.3, 0.4) is 0 Å². The van der Waals surface area contributed by atoms with Crippen LogP contribution in [0.1, 0.15) is 24.8 Å². The second-order valence-electron chi connectivity index (χ2n) is 4.41. The van der Waals surface area contributed by atoms with E-state index in [2.05, 4.69) is 11.7 Å². The van der Waals surface area contributed by atoms with Crippen molar-refractivity contribution in [3.05, 3.63) is 36.4 Å². The molecule has 1 heterocycles. The molecule has 0 fully saturated rings. The topological polar surface area (TPSA) is 40.0 Å². The van der Waals surface area contributed by atoms with Crippen molar-refractivity contribution in [3.63, 3.8) is 0 Å². The smallest absolute Gasteiger partial charge is 0.161 e. The van der Waals surface area contributed by atoms with Crippen LogP contribution in [0.4, 0.5) is 0 Å². The number of nitrogens with zero attached hydrogens (tertiary/aromatic N) is 1. The first-order chi connectivity index (χ1) is 9.28. The lowest BCUT2D eigenvalue weighted by Gasteiger charge is -2.09. The van der Waals surface area contributed by atoms with Gasteiger partial charge < -0.3 is 14.3 Å². The zero-order valence-corrected chi connectivity index (χ0v) is 11.4. The molecule has 4 nitrogen and oxygen atoms in total. The fourth-order valence-electron chi connectivity index (χ4n) is 2.07. The molecule has 4 heteroatoms. The number of methoxy groups -OCH3 is 2. The van der Waals surface area contributed by atoms with E-state index in [1.807, 2.05) is 24.3 Å². The molecule has 0 saturated carbocycles. The molecule has 0 bridgehead atoms. The van der Waals surface area contributed by atoms with Crippen LogP contribution in [0.2, 0.25) is 0 Å². The standard InChI is InChI=1S/C15H19NO3/c1-4-5-6-12-10-13(16-19-12)11-7-8-14(17-2)15(9-11)18-3/h4,7-9,12H,1,5-6,10H2,2-3H3. The summed E-state index contributed by atoms with van der Waals surface area (Å²) in [6.07, 6.45) is 4.77. The first kappa shape index (κ1) is 13.5. The van der Waals surface area contributed by atoms with Crippen LogP contribution in [0, 0.1) is 0 Å². The van der Waals surface area contributed by atoms with Gasteiger partial charge in [0.05, 0.1) is 19.9 Å². The molecular weight excluding hydrogens is 242 g/mol. The zero-order valence-electron chi connectivity index (χ0n) is 11.4. The summed E-state index contributed by atoms with van der Waals surface area (Å²) in [6.45, 7) is 3.72. The highest BCUT2D eigenvalue weighted by atomic mass is 16.6. The van der Waals surface area contributed by atoms with Crippen LogP contribution >= 0.6 is 0 Å². The highest BCUT2D eigenvalue weighted by molar-refractivity contribution is 6.01. The van der Waals surface area contributed by atoms with E-state index in [4.69, 9.17) is 14.3 Å². The van der Waals surface area contributed by atoms with Gasteiger partial charge in [0, 0.05) is 12.0 Å². The Labute approximate surface area is 113 Å². The molecule has 1 aromatic carbocycles. The molecule has 0 aromatic heterocycles. The van der Waals surface area contributed by atoms with Gasteiger partial charge >= 0.3 is 0 Å². The number of ether oxygens (including phenoxy) is 2. The maximum absolute atomic E-state index is 5.42. The van der Waals surface area contributed by atoms with E-state index < -0.39 is 0 Å². The third kappa shape index (κ3) is 3.08. The van der Waals surface area contributed by atoms with Crippen molar-refractivity contribution < 1.29 is 14.3 Å². The lowest BCUT2D eigenvalue weighted by molar-refractivity contribution is 0.0799. The Morgan fingerprint density at radius 2 is 2.16 bits per heavy atom. The SMILES string of the molecule is C=CCCC1CC(c2ccc(OC)c(OC)c2)=NO1. The maximum atomic E-state index is 5.42. The Hall–Kier alpha value is -1.97. The monoisotopic (exact) mass is 261 g/mol. The molecule has 1 aliphatic heterocycles. The average molecular weight is 261 g/mol. The molecule has 0 spiro atoms. The Morgan fingerprint density at radius 1 is 1.37 bits per heavy atom. The number of benzene rings is 1. The summed E-state index contributed by atoms with van der Waals surface area (Å²) in [6, 6.07) is 5.78. The molecule has 1 aliphatic rings. The summed E-state index contributed by atoms with van der Waals surface area (Å²) in [5.41, 5.74) is 1.97. The molecule has 0 amide bonds. The van der Waals surface area contributed by atoms with Crippen molar-refractivity contribution in [2.75, 3.05) is 14.2 Å². The van der Waals surface area contributed by atoms with Gasteiger partial charge in [-0.3, -0.25) is 0 Å². The van der Waals surface area contributed by atoms with Crippen LogP contribution in [-0.2, 0) is 4.84 Å². The second-order valence-corrected chi connectivity index (χ2v) is 4.41. The number of allylic oxidation sites excluding steroid dienone is 1. The molecule has 0 N–H and O–H groups in total. The minimum absolute atomic E-state index is 0.154. The molecule has 1 aromatic rings. The summed E-state index contributed by atoms with van der Waals surface area (Å²) in [5, 5.41) is 4.16. The Bertz CT molecular complexity index is 482. The van der Waals surface area contributed by atoms with Gasteiger partial charge in [0.15, 0.2) is 11.5 Å². The zero-order chi connectivity index (χ0) is 13.7. The first-order valence-corrected chi connectivity index (χ1v) is 6.34. The summed E-state index contributed by atoms with van der Waals surface area (Å²) < 4.78 is 10.5. The summed E-state index contributed by atoms with van der Waals surface area (Å²) in [4.78, 5) is 5.42. The fraction of sp³-hybridized carbons (Fsp3) is 0.400. The van der Waals surface area contributed by atoms with Crippen molar-refractivity contribution >= 4 is 5.71 Å². The second kappa shape index (κ2) is 6.27. The van der Waals surface area contributed by atoms with E-state index in [1.165, 1.54) is 0 Å². The Kier molecular flexibility index (Phi) is 4.44. The van der Waals surface area contributed by atoms with Crippen molar-refractivity contribution in [1.29, 1.82) is 0 Å². The minimum Gasteiger partial charge on any atom is -0.493 e. The molecule has 0 saturated heterocycles. The molecule has 0 aliphatic carbocycles. The van der Waals surface area contributed by atoms with Gasteiger partial charge in [-0.25, -0.2) is 0 Å². The van der Waals surface area contributed by atoms with E-state index in [0.29, 0.717) is 11.5 Å². The van der Waals surface area contributed by atoms with Crippen LogP contribution < -0.4 is 9.47 Å². The highest BCUT2D eigenvalue weighted by Crippen LogP contribution is 2.30. The average Bonchev–Trinajstić information content (AvgIpc) is 2.93. The molecule has 1 atom stereocenters. The molecule has 102 valence electrons. The Balaban J connectivity index is 2.09. The van der Waals surface area contributed by atoms with Crippen LogP contribution in [0.15, 0.2) is 36.0 Å². The predicted octanol–water partition coefficient (Wildman–Crippen LogP) is 3.16. The van der Waals surface area contributed by atoms with E-state index in [-0.39, 0.29) is 6.10 Å². The van der Waals surface area contributed by atoms with Crippen molar-refractivity contribution in [2.24, 2.45) is 5.16 Å². The molecule has 19 heavy (non-hydrogen) atoms.